The molecule has 1 amide bonds. The molecule has 4 rings (SSSR count). The van der Waals surface area contributed by atoms with Crippen LogP contribution in [0.3, 0.4) is 0 Å². The summed E-state index contributed by atoms with van der Waals surface area (Å²) >= 11 is 1.30. The third-order valence-corrected chi connectivity index (χ3v) is 6.77. The van der Waals surface area contributed by atoms with Crippen LogP contribution in [0.15, 0.2) is 41.6 Å². The van der Waals surface area contributed by atoms with Crippen molar-refractivity contribution in [3.05, 3.63) is 47.0 Å². The molecule has 2 heterocycles. The van der Waals surface area contributed by atoms with Gasteiger partial charge in [-0.15, -0.1) is 10.2 Å². The highest BCUT2D eigenvalue weighted by atomic mass is 32.1. The fourth-order valence-corrected chi connectivity index (χ4v) is 4.46. The zero-order valence-corrected chi connectivity index (χ0v) is 20.4. The first-order valence-corrected chi connectivity index (χ1v) is 12.0. The van der Waals surface area contributed by atoms with Gasteiger partial charge >= 0.3 is 0 Å². The van der Waals surface area contributed by atoms with Gasteiger partial charge in [0.25, 0.3) is 5.91 Å². The molecule has 1 fully saturated rings. The van der Waals surface area contributed by atoms with Gasteiger partial charge in [0.1, 0.15) is 17.4 Å². The van der Waals surface area contributed by atoms with E-state index in [-0.39, 0.29) is 11.1 Å². The van der Waals surface area contributed by atoms with Gasteiger partial charge in [0, 0.05) is 36.0 Å². The fraction of sp³-hybridized carbons (Fsp3) is 0.417. The highest BCUT2D eigenvalue weighted by Gasteiger charge is 2.23. The molecular formula is C24H29N5O4S. The van der Waals surface area contributed by atoms with E-state index < -0.39 is 5.91 Å². The van der Waals surface area contributed by atoms with E-state index in [9.17, 15) is 10.0 Å². The van der Waals surface area contributed by atoms with Crippen LogP contribution in [0.1, 0.15) is 31.3 Å². The van der Waals surface area contributed by atoms with Crippen LogP contribution >= 0.6 is 11.3 Å². The van der Waals surface area contributed by atoms with E-state index in [2.05, 4.69) is 25.6 Å². The Kier molecular flexibility index (Phi) is 7.40. The lowest BCUT2D eigenvalue weighted by atomic mass is 9.98. The monoisotopic (exact) mass is 483 g/mol. The molecule has 2 aromatic carbocycles. The number of ether oxygens (including phenoxy) is 2. The number of anilines is 1. The Hall–Kier alpha value is -3.08. The molecule has 1 saturated heterocycles. The minimum atomic E-state index is -0.565. The van der Waals surface area contributed by atoms with Gasteiger partial charge < -0.3 is 14.7 Å². The Morgan fingerprint density at radius 1 is 1.18 bits per heavy atom. The summed E-state index contributed by atoms with van der Waals surface area (Å²) < 4.78 is 11.5. The molecule has 9 nitrogen and oxygen atoms in total. The number of carbonyl (C=O) groups excluding carboxylic acids is 1. The number of hydrogen-bond donors (Lipinski definition) is 2. The predicted molar refractivity (Wildman–Crippen MR) is 132 cm³/mol. The molecule has 0 spiro atoms. The predicted octanol–water partition coefficient (Wildman–Crippen LogP) is 3.52. The molecule has 0 atom stereocenters. The van der Waals surface area contributed by atoms with Crippen molar-refractivity contribution in [1.82, 2.24) is 15.1 Å². The number of nitrogens with one attached hydrogen (secondary N) is 1. The average Bonchev–Trinajstić information content (AvgIpc) is 3.30. The normalized spacial score (nSPS) is 15.4. The minimum Gasteiger partial charge on any atom is -0.492 e. The molecule has 0 aliphatic carbocycles. The van der Waals surface area contributed by atoms with E-state index in [1.165, 1.54) is 11.3 Å². The number of benzene rings is 2. The largest absolute Gasteiger partial charge is 0.492 e. The Balaban J connectivity index is 1.52. The lowest BCUT2D eigenvalue weighted by Gasteiger charge is -2.26. The van der Waals surface area contributed by atoms with Crippen LogP contribution in [0.5, 0.6) is 5.75 Å². The lowest BCUT2D eigenvalue weighted by molar-refractivity contribution is -0.110. The second kappa shape index (κ2) is 10.5. The van der Waals surface area contributed by atoms with Crippen LogP contribution in [0.4, 0.5) is 5.13 Å². The maximum atomic E-state index is 13.0. The second-order valence-electron chi connectivity index (χ2n) is 9.02. The van der Waals surface area contributed by atoms with Crippen LogP contribution in [-0.4, -0.2) is 71.4 Å². The van der Waals surface area contributed by atoms with Crippen molar-refractivity contribution in [2.24, 2.45) is 5.16 Å². The van der Waals surface area contributed by atoms with Gasteiger partial charge in [0.15, 0.2) is 5.71 Å². The summed E-state index contributed by atoms with van der Waals surface area (Å²) in [6, 6.07) is 11.1. The molecule has 0 saturated carbocycles. The molecule has 1 aliphatic rings. The van der Waals surface area contributed by atoms with E-state index >= 15 is 0 Å². The summed E-state index contributed by atoms with van der Waals surface area (Å²) in [6.07, 6.45) is 0. The van der Waals surface area contributed by atoms with Gasteiger partial charge in [-0.05, 0) is 17.5 Å². The first-order valence-electron chi connectivity index (χ1n) is 11.2. The Morgan fingerprint density at radius 3 is 2.59 bits per heavy atom. The van der Waals surface area contributed by atoms with Crippen molar-refractivity contribution in [3.63, 3.8) is 0 Å². The van der Waals surface area contributed by atoms with Crippen molar-refractivity contribution in [2.45, 2.75) is 26.2 Å². The maximum absolute atomic E-state index is 13.0. The zero-order valence-electron chi connectivity index (χ0n) is 19.6. The Labute approximate surface area is 202 Å². The van der Waals surface area contributed by atoms with Crippen molar-refractivity contribution in [3.8, 4) is 5.75 Å². The number of morpholine rings is 1. The average molecular weight is 484 g/mol. The van der Waals surface area contributed by atoms with E-state index in [1.54, 1.807) is 12.1 Å². The van der Waals surface area contributed by atoms with Crippen molar-refractivity contribution >= 4 is 38.9 Å². The van der Waals surface area contributed by atoms with Crippen LogP contribution in [0.2, 0.25) is 0 Å². The highest BCUT2D eigenvalue weighted by Crippen LogP contribution is 2.30. The summed E-state index contributed by atoms with van der Waals surface area (Å²) in [5.41, 5.74) is 0.211. The van der Waals surface area contributed by atoms with Gasteiger partial charge in [-0.2, -0.15) is 0 Å². The number of rotatable bonds is 7. The summed E-state index contributed by atoms with van der Waals surface area (Å²) in [4.78, 5) is 15.3. The second-order valence-corrected chi connectivity index (χ2v) is 10.0. The third kappa shape index (κ3) is 5.52. The highest BCUT2D eigenvalue weighted by molar-refractivity contribution is 7.15. The van der Waals surface area contributed by atoms with Crippen molar-refractivity contribution < 1.29 is 19.5 Å². The molecule has 0 radical (unpaired) electrons. The first-order chi connectivity index (χ1) is 16.4. The molecule has 1 aliphatic heterocycles. The van der Waals surface area contributed by atoms with Gasteiger partial charge in [0.2, 0.25) is 5.13 Å². The van der Waals surface area contributed by atoms with Gasteiger partial charge in [0.05, 0.1) is 13.2 Å². The molecule has 0 unspecified atom stereocenters. The minimum absolute atomic E-state index is 0.108. The van der Waals surface area contributed by atoms with Crippen LogP contribution in [0, 0.1) is 0 Å². The number of carbonyl (C=O) groups is 1. The van der Waals surface area contributed by atoms with Crippen molar-refractivity contribution in [1.29, 1.82) is 0 Å². The van der Waals surface area contributed by atoms with Crippen LogP contribution in [0.25, 0.3) is 10.8 Å². The van der Waals surface area contributed by atoms with E-state index in [0.717, 1.165) is 48.6 Å². The first kappa shape index (κ1) is 24.1. The molecule has 1 aromatic heterocycles. The number of hydrogen-bond acceptors (Lipinski definition) is 9. The summed E-state index contributed by atoms with van der Waals surface area (Å²) in [5.74, 6) is 0.148. The van der Waals surface area contributed by atoms with Gasteiger partial charge in [-0.25, -0.2) is 0 Å². The summed E-state index contributed by atoms with van der Waals surface area (Å²) in [6.45, 7) is 10.7. The molecule has 3 aromatic rings. The van der Waals surface area contributed by atoms with E-state index in [1.807, 2.05) is 45.0 Å². The Morgan fingerprint density at radius 2 is 1.91 bits per heavy atom. The van der Waals surface area contributed by atoms with E-state index in [0.29, 0.717) is 23.1 Å². The lowest BCUT2D eigenvalue weighted by Crippen LogP contribution is -2.38. The topological polar surface area (TPSA) is 109 Å². The standard InChI is InChI=1S/C24H29N5O4S/c1-24(2,3)22-26-27-23(34-22)25-21(30)20(28-31)18-8-9-19(17-7-5-4-6-16(17)18)33-15-12-29-10-13-32-14-11-29/h4-9,31H,10-15H2,1-3H3,(H,25,27,30)/b28-20+. The van der Waals surface area contributed by atoms with E-state index in [4.69, 9.17) is 9.47 Å². The molecule has 2 N–H and O–H groups in total. The van der Waals surface area contributed by atoms with Crippen LogP contribution in [-0.2, 0) is 14.9 Å². The fourth-order valence-electron chi connectivity index (χ4n) is 3.67. The SMILES string of the molecule is CC(C)(C)c1nnc(NC(=O)/C(=N/O)c2ccc(OCCN3CCOCC3)c3ccccc23)s1. The number of amides is 1. The van der Waals surface area contributed by atoms with Gasteiger partial charge in [-0.3, -0.25) is 15.0 Å². The molecule has 34 heavy (non-hydrogen) atoms. The molecule has 180 valence electrons. The molecule has 0 bridgehead atoms. The number of fused-ring (bicyclic) bond motifs is 1. The van der Waals surface area contributed by atoms with Gasteiger partial charge in [-0.1, -0.05) is 61.5 Å². The number of oxime groups is 1. The third-order valence-electron chi connectivity index (χ3n) is 5.51. The van der Waals surface area contributed by atoms with Crippen molar-refractivity contribution in [2.75, 3.05) is 44.8 Å². The summed E-state index contributed by atoms with van der Waals surface area (Å²) in [5, 5.41) is 26.7. The molecular weight excluding hydrogens is 454 g/mol. The number of aromatic nitrogens is 2. The number of nitrogens with zero attached hydrogens (tertiary/aromatic N) is 4. The Bertz CT molecular complexity index is 1180. The smallest absolute Gasteiger partial charge is 0.280 e. The quantitative estimate of drug-likeness (QED) is 0.301. The summed E-state index contributed by atoms with van der Waals surface area (Å²) in [7, 11) is 0. The van der Waals surface area contributed by atoms with Crippen LogP contribution < -0.4 is 10.1 Å². The maximum Gasteiger partial charge on any atom is 0.280 e. The zero-order chi connectivity index (χ0) is 24.1. The molecule has 10 heteroatoms.